The largest absolute Gasteiger partial charge is 0.495 e. The normalized spacial score (nSPS) is 14.6. The Balaban J connectivity index is 1.64. The van der Waals surface area contributed by atoms with Gasteiger partial charge in [0.2, 0.25) is 15.9 Å². The summed E-state index contributed by atoms with van der Waals surface area (Å²) in [6.45, 7) is 0. The number of nitrogens with zero attached hydrogens (tertiary/aromatic N) is 1. The van der Waals surface area contributed by atoms with Crippen LogP contribution >= 0.6 is 0 Å². The van der Waals surface area contributed by atoms with E-state index in [9.17, 15) is 13.2 Å². The lowest BCUT2D eigenvalue weighted by Crippen LogP contribution is -2.22. The van der Waals surface area contributed by atoms with Crippen LogP contribution in [0.25, 0.3) is 0 Å². The minimum atomic E-state index is -3.62. The van der Waals surface area contributed by atoms with E-state index >= 15 is 0 Å². The van der Waals surface area contributed by atoms with Crippen LogP contribution < -0.4 is 14.8 Å². The molecule has 1 saturated carbocycles. The second kappa shape index (κ2) is 10.2. The van der Waals surface area contributed by atoms with E-state index in [0.29, 0.717) is 17.9 Å². The molecule has 0 atom stereocenters. The van der Waals surface area contributed by atoms with Gasteiger partial charge in [0.25, 0.3) is 0 Å². The van der Waals surface area contributed by atoms with Crippen molar-refractivity contribution in [1.82, 2.24) is 4.31 Å². The molecular formula is C23H30N2O5S. The number of rotatable bonds is 9. The number of methoxy groups -OCH3 is 1. The number of ether oxygens (including phenoxy) is 2. The maximum atomic E-state index is 12.6. The zero-order valence-electron chi connectivity index (χ0n) is 18.3. The van der Waals surface area contributed by atoms with Crippen molar-refractivity contribution < 1.29 is 22.7 Å². The summed E-state index contributed by atoms with van der Waals surface area (Å²) in [6, 6.07) is 12.3. The van der Waals surface area contributed by atoms with Crippen LogP contribution in [0, 0.1) is 0 Å². The molecule has 0 heterocycles. The number of sulfonamides is 1. The van der Waals surface area contributed by atoms with E-state index in [-0.39, 0.29) is 23.3 Å². The number of aryl methyl sites for hydroxylation is 1. The topological polar surface area (TPSA) is 84.9 Å². The van der Waals surface area contributed by atoms with Crippen molar-refractivity contribution in [2.24, 2.45) is 0 Å². The summed E-state index contributed by atoms with van der Waals surface area (Å²) in [5.74, 6) is 1.02. The second-order valence-electron chi connectivity index (χ2n) is 7.87. The lowest BCUT2D eigenvalue weighted by Gasteiger charge is -2.15. The molecule has 0 radical (unpaired) electrons. The fourth-order valence-corrected chi connectivity index (χ4v) is 4.53. The smallest absolute Gasteiger partial charge is 0.242 e. The number of carbonyl (C=O) groups is 1. The Morgan fingerprint density at radius 3 is 2.55 bits per heavy atom. The molecule has 1 aliphatic carbocycles. The first kappa shape index (κ1) is 23.1. The molecule has 1 amide bonds. The molecule has 0 saturated heterocycles. The molecule has 2 aromatic rings. The maximum Gasteiger partial charge on any atom is 0.242 e. The summed E-state index contributed by atoms with van der Waals surface area (Å²) < 4.78 is 37.2. The molecule has 1 fully saturated rings. The van der Waals surface area contributed by atoms with Gasteiger partial charge in [0.05, 0.1) is 23.8 Å². The van der Waals surface area contributed by atoms with Crippen molar-refractivity contribution in [3.63, 3.8) is 0 Å². The van der Waals surface area contributed by atoms with E-state index in [4.69, 9.17) is 9.47 Å². The average molecular weight is 447 g/mol. The Morgan fingerprint density at radius 2 is 1.87 bits per heavy atom. The van der Waals surface area contributed by atoms with Crippen LogP contribution in [-0.4, -0.2) is 45.9 Å². The van der Waals surface area contributed by atoms with Crippen LogP contribution in [0.2, 0.25) is 0 Å². The van der Waals surface area contributed by atoms with Crippen molar-refractivity contribution in [3.8, 4) is 11.5 Å². The number of anilines is 1. The zero-order chi connectivity index (χ0) is 22.4. The van der Waals surface area contributed by atoms with Gasteiger partial charge in [-0.3, -0.25) is 4.79 Å². The Morgan fingerprint density at radius 1 is 1.13 bits per heavy atom. The van der Waals surface area contributed by atoms with Crippen LogP contribution in [0.1, 0.15) is 37.7 Å². The summed E-state index contributed by atoms with van der Waals surface area (Å²) in [7, 11) is 0.777. The van der Waals surface area contributed by atoms with Crippen molar-refractivity contribution in [1.29, 1.82) is 0 Å². The Labute approximate surface area is 184 Å². The molecule has 1 aliphatic rings. The fraction of sp³-hybridized carbons (Fsp3) is 0.435. The number of nitrogens with one attached hydrogen (secondary N) is 1. The minimum Gasteiger partial charge on any atom is -0.495 e. The van der Waals surface area contributed by atoms with Crippen molar-refractivity contribution >= 4 is 21.6 Å². The lowest BCUT2D eigenvalue weighted by atomic mass is 10.1. The summed E-state index contributed by atoms with van der Waals surface area (Å²) in [4.78, 5) is 12.6. The molecule has 1 N–H and O–H groups in total. The van der Waals surface area contributed by atoms with Gasteiger partial charge in [0.1, 0.15) is 11.5 Å². The quantitative estimate of drug-likeness (QED) is 0.633. The Kier molecular flexibility index (Phi) is 7.56. The number of benzene rings is 2. The second-order valence-corrected chi connectivity index (χ2v) is 10.0. The summed E-state index contributed by atoms with van der Waals surface area (Å²) in [5, 5.41) is 2.78. The molecule has 0 unspecified atom stereocenters. The first-order valence-electron chi connectivity index (χ1n) is 10.5. The molecule has 0 spiro atoms. The van der Waals surface area contributed by atoms with E-state index in [1.165, 1.54) is 52.2 Å². The van der Waals surface area contributed by atoms with E-state index in [1.807, 2.05) is 24.3 Å². The zero-order valence-corrected chi connectivity index (χ0v) is 19.1. The van der Waals surface area contributed by atoms with Crippen molar-refractivity contribution in [3.05, 3.63) is 48.0 Å². The SMILES string of the molecule is COc1ccc(S(=O)(=O)N(C)C)cc1NC(=O)CCc1cccc(OC2CCCC2)c1. The molecule has 0 aliphatic heterocycles. The first-order valence-corrected chi connectivity index (χ1v) is 11.9. The lowest BCUT2D eigenvalue weighted by molar-refractivity contribution is -0.116. The summed E-state index contributed by atoms with van der Waals surface area (Å²) in [5.41, 5.74) is 1.34. The van der Waals surface area contributed by atoms with E-state index < -0.39 is 10.0 Å². The highest BCUT2D eigenvalue weighted by atomic mass is 32.2. The van der Waals surface area contributed by atoms with Crippen LogP contribution in [0.3, 0.4) is 0 Å². The predicted octanol–water partition coefficient (Wildman–Crippen LogP) is 3.84. The molecule has 7 nitrogen and oxygen atoms in total. The standard InChI is InChI=1S/C23H30N2O5S/c1-25(2)31(27,28)20-12-13-22(29-3)21(16-20)24-23(26)14-11-17-7-6-10-19(15-17)30-18-8-4-5-9-18/h6-7,10,12-13,15-16,18H,4-5,8-9,11,14H2,1-3H3,(H,24,26). The highest BCUT2D eigenvalue weighted by Gasteiger charge is 2.20. The number of carbonyl (C=O) groups excluding carboxylic acids is 1. The average Bonchev–Trinajstić information content (AvgIpc) is 3.25. The van der Waals surface area contributed by atoms with Gasteiger partial charge in [0, 0.05) is 20.5 Å². The first-order chi connectivity index (χ1) is 14.8. The summed E-state index contributed by atoms with van der Waals surface area (Å²) in [6.07, 6.45) is 5.70. The summed E-state index contributed by atoms with van der Waals surface area (Å²) >= 11 is 0. The molecular weight excluding hydrogens is 416 g/mol. The maximum absolute atomic E-state index is 12.6. The van der Waals surface area contributed by atoms with Crippen LogP contribution in [-0.2, 0) is 21.2 Å². The van der Waals surface area contributed by atoms with E-state index in [1.54, 1.807) is 0 Å². The van der Waals surface area contributed by atoms with Gasteiger partial charge >= 0.3 is 0 Å². The molecule has 0 aromatic heterocycles. The van der Waals surface area contributed by atoms with Gasteiger partial charge in [-0.2, -0.15) is 0 Å². The third-order valence-corrected chi connectivity index (χ3v) is 7.18. The Bertz CT molecular complexity index is 1010. The third kappa shape index (κ3) is 5.98. The highest BCUT2D eigenvalue weighted by Crippen LogP contribution is 2.29. The van der Waals surface area contributed by atoms with Gasteiger partial charge in [-0.05, 0) is 68.0 Å². The molecule has 2 aromatic carbocycles. The van der Waals surface area contributed by atoms with Crippen LogP contribution in [0.5, 0.6) is 11.5 Å². The van der Waals surface area contributed by atoms with E-state index in [0.717, 1.165) is 28.5 Å². The van der Waals surface area contributed by atoms with Crippen LogP contribution in [0.4, 0.5) is 5.69 Å². The number of amides is 1. The van der Waals surface area contributed by atoms with Crippen molar-refractivity contribution in [2.45, 2.75) is 49.5 Å². The van der Waals surface area contributed by atoms with Gasteiger partial charge in [-0.25, -0.2) is 12.7 Å². The number of hydrogen-bond donors (Lipinski definition) is 1. The van der Waals surface area contributed by atoms with Gasteiger partial charge < -0.3 is 14.8 Å². The van der Waals surface area contributed by atoms with Crippen LogP contribution in [0.15, 0.2) is 47.4 Å². The molecule has 0 bridgehead atoms. The predicted molar refractivity (Wildman–Crippen MR) is 120 cm³/mol. The molecule has 3 rings (SSSR count). The van der Waals surface area contributed by atoms with Gasteiger partial charge in [-0.1, -0.05) is 12.1 Å². The Hall–Kier alpha value is -2.58. The fourth-order valence-electron chi connectivity index (χ4n) is 3.60. The van der Waals surface area contributed by atoms with Gasteiger partial charge in [0.15, 0.2) is 0 Å². The van der Waals surface area contributed by atoms with E-state index in [2.05, 4.69) is 5.32 Å². The molecule has 168 valence electrons. The molecule has 8 heteroatoms. The van der Waals surface area contributed by atoms with Crippen molar-refractivity contribution in [2.75, 3.05) is 26.5 Å². The minimum absolute atomic E-state index is 0.0883. The third-order valence-electron chi connectivity index (χ3n) is 5.37. The monoisotopic (exact) mass is 446 g/mol. The van der Waals surface area contributed by atoms with Gasteiger partial charge in [-0.15, -0.1) is 0 Å². The number of hydrogen-bond acceptors (Lipinski definition) is 5. The molecule has 31 heavy (non-hydrogen) atoms. The highest BCUT2D eigenvalue weighted by molar-refractivity contribution is 7.89.